The van der Waals surface area contributed by atoms with E-state index in [1.165, 1.54) is 11.1 Å². The van der Waals surface area contributed by atoms with Gasteiger partial charge >= 0.3 is 0 Å². The minimum Gasteiger partial charge on any atom is -0.261 e. The average molecular weight is 200 g/mol. The molecule has 0 unspecified atom stereocenters. The summed E-state index contributed by atoms with van der Waals surface area (Å²) in [6.45, 7) is 4.08. The Morgan fingerprint density at radius 2 is 2.20 bits per heavy atom. The van der Waals surface area contributed by atoms with E-state index in [-0.39, 0.29) is 0 Å². The number of hydrogen-bond acceptors (Lipinski definition) is 1. The highest BCUT2D eigenvalue weighted by atomic mass is 79.9. The second kappa shape index (κ2) is 3.15. The van der Waals surface area contributed by atoms with Gasteiger partial charge in [-0.3, -0.25) is 4.98 Å². The molecule has 2 heteroatoms. The first-order valence-corrected chi connectivity index (χ1v) is 4.34. The Labute approximate surface area is 69.6 Å². The predicted octanol–water partition coefficient (Wildman–Crippen LogP) is 2.59. The van der Waals surface area contributed by atoms with Crippen LogP contribution in [0, 0.1) is 13.8 Å². The smallest absolute Gasteiger partial charge is 0.0375 e. The van der Waals surface area contributed by atoms with E-state index in [9.17, 15) is 0 Å². The number of rotatable bonds is 1. The van der Waals surface area contributed by atoms with Crippen LogP contribution < -0.4 is 0 Å². The molecule has 0 bridgehead atoms. The first-order chi connectivity index (χ1) is 4.74. The molecule has 0 radical (unpaired) electrons. The molecule has 1 rings (SSSR count). The van der Waals surface area contributed by atoms with Gasteiger partial charge in [-0.15, -0.1) is 0 Å². The van der Waals surface area contributed by atoms with Crippen molar-refractivity contribution in [2.75, 3.05) is 0 Å². The maximum Gasteiger partial charge on any atom is 0.0375 e. The third-order valence-electron chi connectivity index (χ3n) is 1.50. The molecule has 10 heavy (non-hydrogen) atoms. The summed E-state index contributed by atoms with van der Waals surface area (Å²) in [6.07, 6.45) is 1.91. The Morgan fingerprint density at radius 3 is 2.70 bits per heavy atom. The number of aromatic nitrogens is 1. The second-order valence-corrected chi connectivity index (χ2v) is 2.95. The molecule has 0 saturated heterocycles. The predicted molar refractivity (Wildman–Crippen MR) is 46.3 cm³/mol. The lowest BCUT2D eigenvalue weighted by molar-refractivity contribution is 1.13. The molecule has 0 aliphatic heterocycles. The van der Waals surface area contributed by atoms with Gasteiger partial charge < -0.3 is 0 Å². The molecule has 1 aromatic heterocycles. The Hall–Kier alpha value is -0.370. The van der Waals surface area contributed by atoms with Crippen molar-refractivity contribution in [2.24, 2.45) is 0 Å². The zero-order valence-electron chi connectivity index (χ0n) is 6.19. The van der Waals surface area contributed by atoms with Crippen LogP contribution in [-0.4, -0.2) is 4.98 Å². The van der Waals surface area contributed by atoms with Crippen LogP contribution >= 0.6 is 15.9 Å². The Kier molecular flexibility index (Phi) is 2.44. The van der Waals surface area contributed by atoms with Crippen molar-refractivity contribution < 1.29 is 0 Å². The van der Waals surface area contributed by atoms with Crippen LogP contribution in [0.25, 0.3) is 0 Å². The fourth-order valence-electron chi connectivity index (χ4n) is 0.829. The Bertz CT molecular complexity index is 233. The standard InChI is InChI=1S/C8H10BrN/c1-6-5-10-7(2)3-8(6)4-9/h3,5H,4H2,1-2H3. The lowest BCUT2D eigenvalue weighted by atomic mass is 10.2. The second-order valence-electron chi connectivity index (χ2n) is 2.39. The topological polar surface area (TPSA) is 12.9 Å². The quantitative estimate of drug-likeness (QED) is 0.635. The van der Waals surface area contributed by atoms with Crippen molar-refractivity contribution in [3.8, 4) is 0 Å². The van der Waals surface area contributed by atoms with Crippen LogP contribution in [0.15, 0.2) is 12.3 Å². The molecule has 0 atom stereocenters. The molecule has 1 heterocycles. The third-order valence-corrected chi connectivity index (χ3v) is 2.10. The van der Waals surface area contributed by atoms with E-state index in [1.54, 1.807) is 0 Å². The summed E-state index contributed by atoms with van der Waals surface area (Å²) < 4.78 is 0. The molecule has 0 aliphatic rings. The van der Waals surface area contributed by atoms with E-state index < -0.39 is 0 Å². The van der Waals surface area contributed by atoms with Crippen molar-refractivity contribution in [1.29, 1.82) is 0 Å². The molecule has 0 aromatic carbocycles. The van der Waals surface area contributed by atoms with Gasteiger partial charge in [0.05, 0.1) is 0 Å². The monoisotopic (exact) mass is 199 g/mol. The fourth-order valence-corrected chi connectivity index (χ4v) is 1.43. The molecular weight excluding hydrogens is 190 g/mol. The molecule has 0 fully saturated rings. The molecule has 0 saturated carbocycles. The van der Waals surface area contributed by atoms with E-state index in [0.29, 0.717) is 0 Å². The van der Waals surface area contributed by atoms with Crippen LogP contribution in [0.3, 0.4) is 0 Å². The minimum atomic E-state index is 0.919. The summed E-state index contributed by atoms with van der Waals surface area (Å²) in [7, 11) is 0. The van der Waals surface area contributed by atoms with Crippen molar-refractivity contribution in [1.82, 2.24) is 4.98 Å². The highest BCUT2D eigenvalue weighted by molar-refractivity contribution is 9.08. The molecule has 0 spiro atoms. The largest absolute Gasteiger partial charge is 0.261 e. The van der Waals surface area contributed by atoms with Gasteiger partial charge in [-0.25, -0.2) is 0 Å². The first kappa shape index (κ1) is 7.73. The Morgan fingerprint density at radius 1 is 1.50 bits per heavy atom. The SMILES string of the molecule is Cc1cc(CBr)c(C)cn1. The molecule has 0 aliphatic carbocycles. The van der Waals surface area contributed by atoms with Gasteiger partial charge in [0.1, 0.15) is 0 Å². The van der Waals surface area contributed by atoms with Gasteiger partial charge in [-0.1, -0.05) is 15.9 Å². The van der Waals surface area contributed by atoms with Crippen molar-refractivity contribution in [3.05, 3.63) is 29.1 Å². The lowest BCUT2D eigenvalue weighted by Gasteiger charge is -2.00. The number of hydrogen-bond donors (Lipinski definition) is 0. The summed E-state index contributed by atoms with van der Waals surface area (Å²) in [5, 5.41) is 0.919. The van der Waals surface area contributed by atoms with Crippen LogP contribution in [0.5, 0.6) is 0 Å². The normalized spacial score (nSPS) is 9.90. The van der Waals surface area contributed by atoms with E-state index in [4.69, 9.17) is 0 Å². The highest BCUT2D eigenvalue weighted by Crippen LogP contribution is 2.10. The van der Waals surface area contributed by atoms with Gasteiger partial charge in [0.2, 0.25) is 0 Å². The number of nitrogens with zero attached hydrogens (tertiary/aromatic N) is 1. The highest BCUT2D eigenvalue weighted by Gasteiger charge is 1.95. The van der Waals surface area contributed by atoms with E-state index in [1.807, 2.05) is 13.1 Å². The van der Waals surface area contributed by atoms with E-state index >= 15 is 0 Å². The van der Waals surface area contributed by atoms with Crippen LogP contribution in [-0.2, 0) is 5.33 Å². The minimum absolute atomic E-state index is 0.919. The molecule has 0 amide bonds. The third kappa shape index (κ3) is 1.57. The zero-order valence-corrected chi connectivity index (χ0v) is 7.77. The zero-order chi connectivity index (χ0) is 7.56. The average Bonchev–Trinajstić information content (AvgIpc) is 1.94. The summed E-state index contributed by atoms with van der Waals surface area (Å²) in [5.74, 6) is 0. The molecule has 0 N–H and O–H groups in total. The fraction of sp³-hybridized carbons (Fsp3) is 0.375. The summed E-state index contributed by atoms with van der Waals surface area (Å²) in [6, 6.07) is 2.10. The number of pyridine rings is 1. The van der Waals surface area contributed by atoms with E-state index in [2.05, 4.69) is 33.9 Å². The first-order valence-electron chi connectivity index (χ1n) is 3.22. The number of alkyl halides is 1. The maximum absolute atomic E-state index is 4.17. The number of aryl methyl sites for hydroxylation is 2. The summed E-state index contributed by atoms with van der Waals surface area (Å²) in [5.41, 5.74) is 3.66. The lowest BCUT2D eigenvalue weighted by Crippen LogP contribution is -1.88. The molecule has 1 nitrogen and oxygen atoms in total. The Balaban J connectivity index is 3.09. The van der Waals surface area contributed by atoms with Gasteiger partial charge in [-0.2, -0.15) is 0 Å². The van der Waals surface area contributed by atoms with Gasteiger partial charge in [0.15, 0.2) is 0 Å². The van der Waals surface area contributed by atoms with E-state index in [0.717, 1.165) is 11.0 Å². The molecule has 54 valence electrons. The van der Waals surface area contributed by atoms with Crippen LogP contribution in [0.2, 0.25) is 0 Å². The summed E-state index contributed by atoms with van der Waals surface area (Å²) >= 11 is 3.41. The molecular formula is C8H10BrN. The van der Waals surface area contributed by atoms with Gasteiger partial charge in [-0.05, 0) is 31.0 Å². The molecule has 1 aromatic rings. The number of halogens is 1. The van der Waals surface area contributed by atoms with Crippen molar-refractivity contribution in [2.45, 2.75) is 19.2 Å². The van der Waals surface area contributed by atoms with Crippen molar-refractivity contribution in [3.63, 3.8) is 0 Å². The maximum atomic E-state index is 4.17. The van der Waals surface area contributed by atoms with Crippen molar-refractivity contribution >= 4 is 15.9 Å². The summed E-state index contributed by atoms with van der Waals surface area (Å²) in [4.78, 5) is 4.17. The van der Waals surface area contributed by atoms with Crippen LogP contribution in [0.1, 0.15) is 16.8 Å². The van der Waals surface area contributed by atoms with Gasteiger partial charge in [0.25, 0.3) is 0 Å². The van der Waals surface area contributed by atoms with Crippen LogP contribution in [0.4, 0.5) is 0 Å². The van der Waals surface area contributed by atoms with Gasteiger partial charge in [0, 0.05) is 17.2 Å².